The van der Waals surface area contributed by atoms with Gasteiger partial charge in [0.25, 0.3) is 0 Å². The maximum atomic E-state index is 12.0. The van der Waals surface area contributed by atoms with E-state index < -0.39 is 21.2 Å². The predicted molar refractivity (Wildman–Crippen MR) is 86.1 cm³/mol. The summed E-state index contributed by atoms with van der Waals surface area (Å²) in [4.78, 5) is 13.0. The van der Waals surface area contributed by atoms with Crippen LogP contribution < -0.4 is 10.6 Å². The summed E-state index contributed by atoms with van der Waals surface area (Å²) in [5, 5.41) is 8.69. The summed E-state index contributed by atoms with van der Waals surface area (Å²) in [5.41, 5.74) is 5.99. The molecule has 1 aliphatic rings. The highest BCUT2D eigenvalue weighted by Crippen LogP contribution is 2.37. The number of nitrogens with two attached hydrogens (primary N) is 1. The molecule has 1 fully saturated rings. The van der Waals surface area contributed by atoms with Crippen LogP contribution in [0, 0.1) is 0 Å². The zero-order chi connectivity index (χ0) is 15.8. The molecule has 21 heavy (non-hydrogen) atoms. The Bertz CT molecular complexity index is 678. The number of carboxylic acid groups (broad SMARTS) is 1. The lowest BCUT2D eigenvalue weighted by Crippen LogP contribution is -2.47. The zero-order valence-electron chi connectivity index (χ0n) is 11.2. The molecule has 0 saturated carbocycles. The number of benzene rings is 1. The van der Waals surface area contributed by atoms with Crippen LogP contribution in [0.1, 0.15) is 10.4 Å². The first-order chi connectivity index (χ1) is 9.71. The van der Waals surface area contributed by atoms with E-state index >= 15 is 0 Å². The van der Waals surface area contributed by atoms with E-state index in [1.165, 1.54) is 23.9 Å². The van der Waals surface area contributed by atoms with Gasteiger partial charge in [0.1, 0.15) is 5.37 Å². The van der Waals surface area contributed by atoms with Gasteiger partial charge in [-0.05, 0) is 12.1 Å². The first kappa shape index (κ1) is 16.3. The SMILES string of the molecule is CS(=O)(=O)C1CSCCN1c1c(Cl)cc(N)cc1C(=O)O. The van der Waals surface area contributed by atoms with Gasteiger partial charge in [-0.15, -0.1) is 0 Å². The molecule has 0 radical (unpaired) electrons. The van der Waals surface area contributed by atoms with E-state index in [0.717, 1.165) is 6.26 Å². The number of hydrogen-bond donors (Lipinski definition) is 2. The average Bonchev–Trinajstić information content (AvgIpc) is 2.36. The van der Waals surface area contributed by atoms with Gasteiger partial charge in [-0.25, -0.2) is 13.2 Å². The van der Waals surface area contributed by atoms with Crippen LogP contribution in [0.3, 0.4) is 0 Å². The van der Waals surface area contributed by atoms with Crippen LogP contribution >= 0.6 is 23.4 Å². The first-order valence-electron chi connectivity index (χ1n) is 6.07. The number of thioether (sulfide) groups is 1. The smallest absolute Gasteiger partial charge is 0.337 e. The standard InChI is InChI=1S/C12H15ClN2O4S2/c1-21(18,19)10-6-20-3-2-15(10)11-8(12(16)17)4-7(14)5-9(11)13/h4-5,10H,2-3,6,14H2,1H3,(H,16,17). The third-order valence-corrected chi connectivity index (χ3v) is 6.11. The van der Waals surface area contributed by atoms with Crippen molar-refractivity contribution in [3.05, 3.63) is 22.7 Å². The van der Waals surface area contributed by atoms with Crippen molar-refractivity contribution in [1.82, 2.24) is 0 Å². The van der Waals surface area contributed by atoms with Crippen molar-refractivity contribution in [3.63, 3.8) is 0 Å². The van der Waals surface area contributed by atoms with E-state index in [1.54, 1.807) is 4.90 Å². The second-order valence-electron chi connectivity index (χ2n) is 4.76. The Kier molecular flexibility index (Phi) is 4.60. The maximum absolute atomic E-state index is 12.0. The summed E-state index contributed by atoms with van der Waals surface area (Å²) in [7, 11) is -3.37. The monoisotopic (exact) mass is 350 g/mol. The molecule has 9 heteroatoms. The van der Waals surface area contributed by atoms with Gasteiger partial charge >= 0.3 is 5.97 Å². The van der Waals surface area contributed by atoms with Gasteiger partial charge in [-0.2, -0.15) is 11.8 Å². The largest absolute Gasteiger partial charge is 0.478 e. The van der Waals surface area contributed by atoms with Gasteiger partial charge in [-0.3, -0.25) is 0 Å². The second kappa shape index (κ2) is 5.94. The molecular formula is C12H15ClN2O4S2. The highest BCUT2D eigenvalue weighted by molar-refractivity contribution is 8.01. The quantitative estimate of drug-likeness (QED) is 0.797. The molecule has 1 heterocycles. The number of rotatable bonds is 3. The lowest BCUT2D eigenvalue weighted by molar-refractivity contribution is 0.0697. The maximum Gasteiger partial charge on any atom is 0.337 e. The zero-order valence-corrected chi connectivity index (χ0v) is 13.6. The molecule has 1 aromatic carbocycles. The van der Waals surface area contributed by atoms with Crippen molar-refractivity contribution in [1.29, 1.82) is 0 Å². The molecule has 2 rings (SSSR count). The third-order valence-electron chi connectivity index (χ3n) is 3.18. The molecule has 1 aliphatic heterocycles. The van der Waals surface area contributed by atoms with E-state index in [9.17, 15) is 18.3 Å². The molecule has 1 atom stereocenters. The normalized spacial score (nSPS) is 19.5. The van der Waals surface area contributed by atoms with E-state index in [4.69, 9.17) is 17.3 Å². The Morgan fingerprint density at radius 2 is 2.19 bits per heavy atom. The lowest BCUT2D eigenvalue weighted by atomic mass is 10.1. The van der Waals surface area contributed by atoms with Crippen molar-refractivity contribution < 1.29 is 18.3 Å². The summed E-state index contributed by atoms with van der Waals surface area (Å²) in [6.45, 7) is 0.409. The predicted octanol–water partition coefficient (Wildman–Crippen LogP) is 1.54. The minimum atomic E-state index is -3.37. The Morgan fingerprint density at radius 3 is 2.76 bits per heavy atom. The van der Waals surface area contributed by atoms with Crippen LogP contribution in [-0.2, 0) is 9.84 Å². The van der Waals surface area contributed by atoms with Crippen molar-refractivity contribution >= 4 is 50.5 Å². The summed E-state index contributed by atoms with van der Waals surface area (Å²) < 4.78 is 23.9. The molecule has 1 unspecified atom stereocenters. The summed E-state index contributed by atoms with van der Waals surface area (Å²) in [6.07, 6.45) is 1.14. The first-order valence-corrected chi connectivity index (χ1v) is 9.56. The molecule has 116 valence electrons. The minimum Gasteiger partial charge on any atom is -0.478 e. The van der Waals surface area contributed by atoms with Crippen LogP contribution in [0.15, 0.2) is 12.1 Å². The number of aromatic carboxylic acids is 1. The fourth-order valence-electron chi connectivity index (χ4n) is 2.27. The molecule has 0 spiro atoms. The highest BCUT2D eigenvalue weighted by Gasteiger charge is 2.34. The highest BCUT2D eigenvalue weighted by atomic mass is 35.5. The van der Waals surface area contributed by atoms with E-state index in [2.05, 4.69) is 0 Å². The number of carbonyl (C=O) groups is 1. The Labute approximate surface area is 132 Å². The van der Waals surface area contributed by atoms with Gasteiger partial charge in [0.15, 0.2) is 9.84 Å². The van der Waals surface area contributed by atoms with Crippen molar-refractivity contribution in [2.24, 2.45) is 0 Å². The summed E-state index contributed by atoms with van der Waals surface area (Å²) >= 11 is 7.66. The van der Waals surface area contributed by atoms with Crippen LogP contribution in [0.4, 0.5) is 11.4 Å². The van der Waals surface area contributed by atoms with Crippen LogP contribution in [0.2, 0.25) is 5.02 Å². The molecule has 1 saturated heterocycles. The summed E-state index contributed by atoms with van der Waals surface area (Å²) in [6, 6.07) is 2.73. The van der Waals surface area contributed by atoms with Gasteiger partial charge < -0.3 is 15.7 Å². The van der Waals surface area contributed by atoms with Crippen LogP contribution in [0.25, 0.3) is 0 Å². The molecule has 0 amide bonds. The molecule has 0 aromatic heterocycles. The number of sulfone groups is 1. The Morgan fingerprint density at radius 1 is 1.52 bits per heavy atom. The van der Waals surface area contributed by atoms with Gasteiger partial charge in [0.05, 0.1) is 16.3 Å². The molecule has 6 nitrogen and oxygen atoms in total. The summed E-state index contributed by atoms with van der Waals surface area (Å²) in [5.74, 6) is -0.116. The van der Waals surface area contributed by atoms with E-state index in [-0.39, 0.29) is 22.0 Å². The number of nitrogen functional groups attached to an aromatic ring is 1. The Hall–Kier alpha value is -1.12. The fraction of sp³-hybridized carbons (Fsp3) is 0.417. The molecule has 0 bridgehead atoms. The number of nitrogens with zero attached hydrogens (tertiary/aromatic N) is 1. The molecule has 1 aromatic rings. The topological polar surface area (TPSA) is 101 Å². The minimum absolute atomic E-state index is 0.0828. The number of hydrogen-bond acceptors (Lipinski definition) is 6. The fourth-order valence-corrected chi connectivity index (χ4v) is 5.43. The number of carboxylic acids is 1. The van der Waals surface area contributed by atoms with E-state index in [1.807, 2.05) is 0 Å². The number of halogens is 1. The van der Waals surface area contributed by atoms with Crippen molar-refractivity contribution in [2.45, 2.75) is 5.37 Å². The van der Waals surface area contributed by atoms with Gasteiger partial charge in [0.2, 0.25) is 0 Å². The average molecular weight is 351 g/mol. The van der Waals surface area contributed by atoms with Gasteiger partial charge in [0, 0.05) is 30.0 Å². The molecule has 0 aliphatic carbocycles. The van der Waals surface area contributed by atoms with Crippen molar-refractivity contribution in [3.8, 4) is 0 Å². The lowest BCUT2D eigenvalue weighted by Gasteiger charge is -2.37. The van der Waals surface area contributed by atoms with Crippen molar-refractivity contribution in [2.75, 3.05) is 34.9 Å². The van der Waals surface area contributed by atoms with E-state index in [0.29, 0.717) is 18.1 Å². The number of anilines is 2. The third kappa shape index (κ3) is 3.38. The Balaban J connectivity index is 2.61. The molecular weight excluding hydrogens is 336 g/mol. The van der Waals surface area contributed by atoms with Crippen LogP contribution in [-0.4, -0.2) is 49.2 Å². The van der Waals surface area contributed by atoms with Crippen LogP contribution in [0.5, 0.6) is 0 Å². The second-order valence-corrected chi connectivity index (χ2v) is 8.52. The van der Waals surface area contributed by atoms with Gasteiger partial charge in [-0.1, -0.05) is 11.6 Å². The molecule has 3 N–H and O–H groups in total.